The normalized spacial score (nSPS) is 10.9. The lowest BCUT2D eigenvalue weighted by atomic mass is 10.2. The van der Waals surface area contributed by atoms with Crippen LogP contribution in [0.15, 0.2) is 109 Å². The molecule has 0 aliphatic carbocycles. The van der Waals surface area contributed by atoms with Crippen molar-refractivity contribution in [2.45, 2.75) is 20.0 Å². The maximum absolute atomic E-state index is 6.01. The first-order valence-corrected chi connectivity index (χ1v) is 12.5. The molecule has 4 aromatic rings. The quantitative estimate of drug-likeness (QED) is 0.397. The van der Waals surface area contributed by atoms with Gasteiger partial charge in [-0.1, -0.05) is 72.8 Å². The molecule has 0 heterocycles. The third-order valence-corrected chi connectivity index (χ3v) is 10.1. The fourth-order valence-electron chi connectivity index (χ4n) is 4.25. The minimum Gasteiger partial charge on any atom is -1.00 e. The van der Waals surface area contributed by atoms with Gasteiger partial charge in [0, 0.05) is 5.56 Å². The molecule has 158 valence electrons. The first-order chi connectivity index (χ1) is 14.8. The molecule has 4 aromatic carbocycles. The molecule has 0 saturated heterocycles. The van der Waals surface area contributed by atoms with Gasteiger partial charge in [-0.3, -0.25) is 0 Å². The predicted octanol–water partition coefficient (Wildman–Crippen LogP) is 2.89. The number of rotatable bonds is 7. The maximum Gasteiger partial charge on any atom is 0.126 e. The van der Waals surface area contributed by atoms with Crippen molar-refractivity contribution in [2.24, 2.45) is 0 Å². The lowest BCUT2D eigenvalue weighted by molar-refractivity contribution is -0.00000648. The van der Waals surface area contributed by atoms with Crippen LogP contribution in [0, 0.1) is 6.92 Å². The van der Waals surface area contributed by atoms with Crippen molar-refractivity contribution in [3.8, 4) is 5.75 Å². The zero-order valence-corrected chi connectivity index (χ0v) is 19.7. The average Bonchev–Trinajstić information content (AvgIpc) is 2.81. The van der Waals surface area contributed by atoms with E-state index >= 15 is 0 Å². The van der Waals surface area contributed by atoms with E-state index in [9.17, 15) is 0 Å². The SMILES string of the molecule is CCOc1cccc([P+](Cc2ccccc2)(c2ccccc2)c2ccccc2)c1C.[Cl-]. The first-order valence-electron chi connectivity index (χ1n) is 10.5. The Bertz CT molecular complexity index is 1040. The molecule has 0 N–H and O–H groups in total. The summed E-state index contributed by atoms with van der Waals surface area (Å²) in [7, 11) is -1.94. The van der Waals surface area contributed by atoms with Gasteiger partial charge in [0.2, 0.25) is 0 Å². The van der Waals surface area contributed by atoms with Crippen molar-refractivity contribution in [3.05, 3.63) is 120 Å². The molecule has 0 amide bonds. The molecule has 0 radical (unpaired) electrons. The number of hydrogen-bond donors (Lipinski definition) is 0. The zero-order chi connectivity index (χ0) is 20.8. The molecule has 1 nitrogen and oxygen atoms in total. The lowest BCUT2D eigenvalue weighted by Crippen LogP contribution is -3.00. The summed E-state index contributed by atoms with van der Waals surface area (Å²) in [5.41, 5.74) is 2.61. The number of halogens is 1. The van der Waals surface area contributed by atoms with E-state index in [1.54, 1.807) is 0 Å². The van der Waals surface area contributed by atoms with Crippen LogP contribution < -0.4 is 33.1 Å². The first kappa shape index (κ1) is 23.1. The van der Waals surface area contributed by atoms with Crippen LogP contribution in [-0.2, 0) is 6.16 Å². The average molecular weight is 447 g/mol. The highest BCUT2D eigenvalue weighted by Gasteiger charge is 2.46. The van der Waals surface area contributed by atoms with E-state index in [-0.39, 0.29) is 12.4 Å². The Labute approximate surface area is 192 Å². The summed E-state index contributed by atoms with van der Waals surface area (Å²) in [6.45, 7) is 4.93. The Kier molecular flexibility index (Phi) is 7.91. The van der Waals surface area contributed by atoms with Crippen LogP contribution in [0.2, 0.25) is 0 Å². The Hall–Kier alpha value is -2.60. The van der Waals surface area contributed by atoms with Crippen molar-refractivity contribution in [3.63, 3.8) is 0 Å². The summed E-state index contributed by atoms with van der Waals surface area (Å²) < 4.78 is 6.01. The molecule has 0 saturated carbocycles. The van der Waals surface area contributed by atoms with E-state index in [1.807, 2.05) is 6.92 Å². The van der Waals surface area contributed by atoms with E-state index in [2.05, 4.69) is 116 Å². The minimum absolute atomic E-state index is 0. The van der Waals surface area contributed by atoms with Gasteiger partial charge in [-0.25, -0.2) is 0 Å². The fourth-order valence-corrected chi connectivity index (χ4v) is 8.78. The smallest absolute Gasteiger partial charge is 0.126 e. The van der Waals surface area contributed by atoms with Crippen LogP contribution in [-0.4, -0.2) is 6.61 Å². The van der Waals surface area contributed by atoms with Crippen LogP contribution in [0.3, 0.4) is 0 Å². The summed E-state index contributed by atoms with van der Waals surface area (Å²) in [6.07, 6.45) is 0.984. The van der Waals surface area contributed by atoms with Gasteiger partial charge >= 0.3 is 0 Å². The summed E-state index contributed by atoms with van der Waals surface area (Å²) in [4.78, 5) is 0. The van der Waals surface area contributed by atoms with Crippen LogP contribution in [0.25, 0.3) is 0 Å². The molecular weight excluding hydrogens is 419 g/mol. The Morgan fingerprint density at radius 2 is 1.16 bits per heavy atom. The van der Waals surface area contributed by atoms with Gasteiger partial charge in [-0.15, -0.1) is 0 Å². The largest absolute Gasteiger partial charge is 1.00 e. The lowest BCUT2D eigenvalue weighted by Gasteiger charge is -2.29. The van der Waals surface area contributed by atoms with Gasteiger partial charge in [-0.2, -0.15) is 0 Å². The summed E-state index contributed by atoms with van der Waals surface area (Å²) in [5.74, 6) is 0.985. The third kappa shape index (κ3) is 4.69. The maximum atomic E-state index is 6.01. The number of ether oxygens (including phenoxy) is 1. The van der Waals surface area contributed by atoms with Crippen molar-refractivity contribution in [2.75, 3.05) is 6.61 Å². The Morgan fingerprint density at radius 1 is 0.645 bits per heavy atom. The zero-order valence-electron chi connectivity index (χ0n) is 18.0. The molecule has 0 fully saturated rings. The number of benzene rings is 4. The molecule has 0 unspecified atom stereocenters. The molecule has 3 heteroatoms. The highest BCUT2D eigenvalue weighted by molar-refractivity contribution is 7.95. The molecule has 0 spiro atoms. The highest BCUT2D eigenvalue weighted by atomic mass is 35.5. The Morgan fingerprint density at radius 3 is 1.68 bits per heavy atom. The molecule has 0 atom stereocenters. The number of hydrogen-bond acceptors (Lipinski definition) is 1. The second kappa shape index (κ2) is 10.6. The van der Waals surface area contributed by atoms with Gasteiger partial charge in [0.05, 0.1) is 12.8 Å². The molecule has 0 aliphatic heterocycles. The van der Waals surface area contributed by atoms with Crippen LogP contribution in [0.1, 0.15) is 18.1 Å². The highest BCUT2D eigenvalue weighted by Crippen LogP contribution is 2.59. The van der Waals surface area contributed by atoms with Gasteiger partial charge in [-0.05, 0) is 55.8 Å². The third-order valence-electron chi connectivity index (χ3n) is 5.62. The van der Waals surface area contributed by atoms with Crippen molar-refractivity contribution < 1.29 is 17.1 Å². The van der Waals surface area contributed by atoms with Crippen molar-refractivity contribution >= 4 is 23.2 Å². The van der Waals surface area contributed by atoms with Crippen molar-refractivity contribution in [1.29, 1.82) is 0 Å². The monoisotopic (exact) mass is 446 g/mol. The van der Waals surface area contributed by atoms with E-state index in [0.717, 1.165) is 11.9 Å². The summed E-state index contributed by atoms with van der Waals surface area (Å²) >= 11 is 0. The minimum atomic E-state index is -1.94. The second-order valence-corrected chi connectivity index (χ2v) is 10.9. The molecule has 0 aliphatic rings. The predicted molar refractivity (Wildman–Crippen MR) is 131 cm³/mol. The molecule has 0 aromatic heterocycles. The molecule has 4 rings (SSSR count). The van der Waals surface area contributed by atoms with E-state index < -0.39 is 7.26 Å². The standard InChI is InChI=1S/C28H28OP.ClH/c1-3-29-27-20-13-21-28(23(27)2)30(25-16-9-5-10-17-25,26-18-11-6-12-19-26)22-24-14-7-4-8-15-24;/h4-21H,3,22H2,1-2H3;1H/q+1;/p-1. The Balaban J connectivity index is 0.00000272. The topological polar surface area (TPSA) is 9.23 Å². The van der Waals surface area contributed by atoms with Crippen LogP contribution in [0.5, 0.6) is 5.75 Å². The fraction of sp³-hybridized carbons (Fsp3) is 0.143. The molecule has 0 bridgehead atoms. The van der Waals surface area contributed by atoms with E-state index in [1.165, 1.54) is 27.0 Å². The molecular formula is C28H28ClOP. The van der Waals surface area contributed by atoms with E-state index in [4.69, 9.17) is 4.74 Å². The van der Waals surface area contributed by atoms with Gasteiger partial charge in [0.15, 0.2) is 0 Å². The van der Waals surface area contributed by atoms with Crippen LogP contribution >= 0.6 is 7.26 Å². The summed E-state index contributed by atoms with van der Waals surface area (Å²) in [6, 6.07) is 39.5. The van der Waals surface area contributed by atoms with Gasteiger partial charge in [0.1, 0.15) is 28.9 Å². The second-order valence-electron chi connectivity index (χ2n) is 7.46. The van der Waals surface area contributed by atoms with Gasteiger partial charge in [0.25, 0.3) is 0 Å². The van der Waals surface area contributed by atoms with Crippen molar-refractivity contribution in [1.82, 2.24) is 0 Å². The van der Waals surface area contributed by atoms with E-state index in [0.29, 0.717) is 6.61 Å². The molecule has 31 heavy (non-hydrogen) atoms. The van der Waals surface area contributed by atoms with Gasteiger partial charge < -0.3 is 17.1 Å². The van der Waals surface area contributed by atoms with Crippen LogP contribution in [0.4, 0.5) is 0 Å². The summed E-state index contributed by atoms with van der Waals surface area (Å²) in [5, 5.41) is 4.20.